The molecule has 0 aliphatic heterocycles. The van der Waals surface area contributed by atoms with Crippen molar-refractivity contribution < 1.29 is 18.7 Å². The first kappa shape index (κ1) is 19.8. The molecule has 1 amide bonds. The number of aromatic nitrogens is 4. The van der Waals surface area contributed by atoms with Gasteiger partial charge < -0.3 is 14.8 Å². The zero-order chi connectivity index (χ0) is 21.1. The molecular formula is C21H22FN5O3. The third-order valence-corrected chi connectivity index (χ3v) is 5.08. The Labute approximate surface area is 173 Å². The molecule has 0 bridgehead atoms. The van der Waals surface area contributed by atoms with Crippen molar-refractivity contribution in [2.75, 3.05) is 12.4 Å². The number of ether oxygens (including phenoxy) is 2. The Hall–Kier alpha value is -3.49. The number of tetrazole rings is 1. The summed E-state index contributed by atoms with van der Waals surface area (Å²) >= 11 is 0. The molecule has 3 aromatic rings. The fourth-order valence-corrected chi connectivity index (χ4v) is 3.50. The smallest absolute Gasteiger partial charge is 0.255 e. The summed E-state index contributed by atoms with van der Waals surface area (Å²) in [5.74, 6) is 0.697. The van der Waals surface area contributed by atoms with E-state index in [0.717, 1.165) is 25.7 Å². The van der Waals surface area contributed by atoms with Crippen LogP contribution in [0.1, 0.15) is 41.9 Å². The second-order valence-electron chi connectivity index (χ2n) is 7.15. The molecule has 1 heterocycles. The van der Waals surface area contributed by atoms with Crippen LogP contribution < -0.4 is 14.8 Å². The van der Waals surface area contributed by atoms with Gasteiger partial charge in [-0.2, -0.15) is 4.68 Å². The van der Waals surface area contributed by atoms with Crippen molar-refractivity contribution >= 4 is 11.6 Å². The van der Waals surface area contributed by atoms with Gasteiger partial charge in [0, 0.05) is 11.3 Å². The normalized spacial score (nSPS) is 14.0. The van der Waals surface area contributed by atoms with Crippen LogP contribution in [0.3, 0.4) is 0 Å². The van der Waals surface area contributed by atoms with Crippen LogP contribution in [0.4, 0.5) is 10.1 Å². The van der Waals surface area contributed by atoms with E-state index in [2.05, 4.69) is 20.8 Å². The van der Waals surface area contributed by atoms with Crippen LogP contribution in [0.2, 0.25) is 0 Å². The van der Waals surface area contributed by atoms with Gasteiger partial charge in [-0.3, -0.25) is 4.79 Å². The maximum Gasteiger partial charge on any atom is 0.255 e. The summed E-state index contributed by atoms with van der Waals surface area (Å²) in [4.78, 5) is 12.7. The van der Waals surface area contributed by atoms with Crippen LogP contribution in [0.25, 0.3) is 5.69 Å². The molecule has 8 nitrogen and oxygen atoms in total. The van der Waals surface area contributed by atoms with Crippen LogP contribution in [0.15, 0.2) is 36.4 Å². The zero-order valence-corrected chi connectivity index (χ0v) is 16.8. The highest BCUT2D eigenvalue weighted by atomic mass is 19.1. The standard InChI is InChI=1S/C21H22FN5O3/c1-13-24-25-26-27(13)18-12-15(8-9-17(18)22)23-21(28)14-7-10-19(20(11-14)29-2)30-16-5-3-4-6-16/h7-12,16H,3-6H2,1-2H3,(H,23,28). The number of benzene rings is 2. The number of hydrogen-bond acceptors (Lipinski definition) is 6. The topological polar surface area (TPSA) is 91.2 Å². The van der Waals surface area contributed by atoms with Crippen LogP contribution in [-0.4, -0.2) is 39.3 Å². The summed E-state index contributed by atoms with van der Waals surface area (Å²) < 4.78 is 26.9. The van der Waals surface area contributed by atoms with E-state index in [1.54, 1.807) is 32.2 Å². The van der Waals surface area contributed by atoms with E-state index in [4.69, 9.17) is 9.47 Å². The Kier molecular flexibility index (Phi) is 5.60. The van der Waals surface area contributed by atoms with E-state index in [9.17, 15) is 9.18 Å². The van der Waals surface area contributed by atoms with Crippen molar-refractivity contribution in [3.63, 3.8) is 0 Å². The summed E-state index contributed by atoms with van der Waals surface area (Å²) in [7, 11) is 1.54. The first-order valence-corrected chi connectivity index (χ1v) is 9.76. The van der Waals surface area contributed by atoms with Crippen molar-refractivity contribution in [3.8, 4) is 17.2 Å². The molecule has 4 rings (SSSR count). The lowest BCUT2D eigenvalue weighted by atomic mass is 10.1. The Morgan fingerprint density at radius 2 is 1.97 bits per heavy atom. The molecule has 1 aromatic heterocycles. The van der Waals surface area contributed by atoms with Gasteiger partial charge >= 0.3 is 0 Å². The summed E-state index contributed by atoms with van der Waals surface area (Å²) in [5, 5.41) is 13.8. The molecular weight excluding hydrogens is 389 g/mol. The summed E-state index contributed by atoms with van der Waals surface area (Å²) in [6.07, 6.45) is 4.57. The quantitative estimate of drug-likeness (QED) is 0.665. The Bertz CT molecular complexity index is 1060. The Morgan fingerprint density at radius 1 is 1.17 bits per heavy atom. The minimum absolute atomic E-state index is 0.146. The lowest BCUT2D eigenvalue weighted by Gasteiger charge is -2.16. The van der Waals surface area contributed by atoms with Gasteiger partial charge in [-0.1, -0.05) is 0 Å². The number of nitrogens with zero attached hydrogens (tertiary/aromatic N) is 4. The number of rotatable bonds is 6. The molecule has 30 heavy (non-hydrogen) atoms. The van der Waals surface area contributed by atoms with E-state index in [1.807, 2.05) is 0 Å². The predicted molar refractivity (Wildman–Crippen MR) is 108 cm³/mol. The van der Waals surface area contributed by atoms with Gasteiger partial charge in [0.2, 0.25) is 0 Å². The van der Waals surface area contributed by atoms with E-state index in [0.29, 0.717) is 28.6 Å². The molecule has 0 spiro atoms. The lowest BCUT2D eigenvalue weighted by Crippen LogP contribution is -2.14. The first-order chi connectivity index (χ1) is 14.5. The Morgan fingerprint density at radius 3 is 2.67 bits per heavy atom. The fraction of sp³-hybridized carbons (Fsp3) is 0.333. The third kappa shape index (κ3) is 4.10. The number of anilines is 1. The molecule has 0 radical (unpaired) electrons. The summed E-state index contributed by atoms with van der Waals surface area (Å²) in [5.41, 5.74) is 0.958. The van der Waals surface area contributed by atoms with Crippen molar-refractivity contribution in [1.82, 2.24) is 20.2 Å². The SMILES string of the molecule is COc1cc(C(=O)Nc2ccc(F)c(-n3nnnc3C)c2)ccc1OC1CCCC1. The zero-order valence-electron chi connectivity index (χ0n) is 16.8. The minimum Gasteiger partial charge on any atom is -0.493 e. The number of aryl methyl sites for hydroxylation is 1. The molecule has 9 heteroatoms. The molecule has 0 unspecified atom stereocenters. The highest BCUT2D eigenvalue weighted by Gasteiger charge is 2.19. The van der Waals surface area contributed by atoms with Crippen molar-refractivity contribution in [2.24, 2.45) is 0 Å². The van der Waals surface area contributed by atoms with Gasteiger partial charge in [-0.05, 0) is 79.4 Å². The maximum atomic E-state index is 14.2. The van der Waals surface area contributed by atoms with Gasteiger partial charge in [-0.25, -0.2) is 4.39 Å². The minimum atomic E-state index is -0.501. The van der Waals surface area contributed by atoms with Crippen LogP contribution in [0.5, 0.6) is 11.5 Å². The molecule has 156 valence electrons. The fourth-order valence-electron chi connectivity index (χ4n) is 3.50. The number of amides is 1. The average molecular weight is 411 g/mol. The van der Waals surface area contributed by atoms with Gasteiger partial charge in [0.15, 0.2) is 17.3 Å². The van der Waals surface area contributed by atoms with Gasteiger partial charge in [0.25, 0.3) is 5.91 Å². The predicted octanol–water partition coefficient (Wildman–Crippen LogP) is 3.69. The third-order valence-electron chi connectivity index (χ3n) is 5.08. The summed E-state index contributed by atoms with van der Waals surface area (Å²) in [6, 6.07) is 9.27. The maximum absolute atomic E-state index is 14.2. The molecule has 1 saturated carbocycles. The number of carbonyl (C=O) groups is 1. The second kappa shape index (κ2) is 8.48. The van der Waals surface area contributed by atoms with E-state index in [-0.39, 0.29) is 17.7 Å². The number of nitrogens with one attached hydrogen (secondary N) is 1. The van der Waals surface area contributed by atoms with E-state index in [1.165, 1.54) is 22.9 Å². The van der Waals surface area contributed by atoms with Crippen molar-refractivity contribution in [2.45, 2.75) is 38.7 Å². The van der Waals surface area contributed by atoms with Crippen molar-refractivity contribution in [1.29, 1.82) is 0 Å². The average Bonchev–Trinajstić information content (AvgIpc) is 3.41. The highest BCUT2D eigenvalue weighted by molar-refractivity contribution is 6.04. The van der Waals surface area contributed by atoms with E-state index >= 15 is 0 Å². The molecule has 1 N–H and O–H groups in total. The van der Waals surface area contributed by atoms with E-state index < -0.39 is 5.82 Å². The van der Waals surface area contributed by atoms with Crippen LogP contribution in [-0.2, 0) is 0 Å². The molecule has 1 fully saturated rings. The molecule has 1 aliphatic carbocycles. The number of methoxy groups -OCH3 is 1. The molecule has 0 atom stereocenters. The highest BCUT2D eigenvalue weighted by Crippen LogP contribution is 2.32. The molecule has 1 aliphatic rings. The number of halogens is 1. The second-order valence-corrected chi connectivity index (χ2v) is 7.15. The first-order valence-electron chi connectivity index (χ1n) is 9.76. The molecule has 0 saturated heterocycles. The van der Waals surface area contributed by atoms with Crippen LogP contribution in [0, 0.1) is 12.7 Å². The largest absolute Gasteiger partial charge is 0.493 e. The lowest BCUT2D eigenvalue weighted by molar-refractivity contribution is 0.102. The van der Waals surface area contributed by atoms with Gasteiger partial charge in [0.1, 0.15) is 11.5 Å². The number of hydrogen-bond donors (Lipinski definition) is 1. The van der Waals surface area contributed by atoms with Crippen LogP contribution >= 0.6 is 0 Å². The van der Waals surface area contributed by atoms with Gasteiger partial charge in [-0.15, -0.1) is 5.10 Å². The number of carbonyl (C=O) groups excluding carboxylic acids is 1. The van der Waals surface area contributed by atoms with Crippen molar-refractivity contribution in [3.05, 3.63) is 53.6 Å². The molecule has 2 aromatic carbocycles. The monoisotopic (exact) mass is 411 g/mol. The van der Waals surface area contributed by atoms with Gasteiger partial charge in [0.05, 0.1) is 13.2 Å². The Balaban J connectivity index is 1.53. The summed E-state index contributed by atoms with van der Waals surface area (Å²) in [6.45, 7) is 1.66.